The molecule has 0 aromatic rings. The second-order valence-corrected chi connectivity index (χ2v) is 1.56. The standard InChI is InChI=1S/C6H13.4CH4.CH3.Y/c1-3-5-6-4-2;;;;;;/h1,3-6H2,2H3;4*1H4;1H3;/q-1;;;;;-1;. The summed E-state index contributed by atoms with van der Waals surface area (Å²) in [4.78, 5) is 0. The molecule has 0 aliphatic rings. The van der Waals surface area contributed by atoms with E-state index in [1.807, 2.05) is 0 Å². The summed E-state index contributed by atoms with van der Waals surface area (Å²) in [5, 5.41) is 0. The van der Waals surface area contributed by atoms with Gasteiger partial charge in [-0.25, -0.2) is 0 Å². The molecular weight excluding hydrogens is 221 g/mol. The van der Waals surface area contributed by atoms with Gasteiger partial charge in [-0.15, -0.1) is 0 Å². The Hall–Kier alpha value is 1.10. The summed E-state index contributed by atoms with van der Waals surface area (Å²) in [6.45, 7) is 5.93. The van der Waals surface area contributed by atoms with Crippen LogP contribution in [-0.4, -0.2) is 0 Å². The van der Waals surface area contributed by atoms with Crippen LogP contribution >= 0.6 is 0 Å². The molecule has 0 aliphatic carbocycles. The normalized spacial score (nSPS) is 4.50. The molecule has 0 unspecified atom stereocenters. The molecule has 0 amide bonds. The van der Waals surface area contributed by atoms with E-state index in [-0.39, 0.29) is 69.8 Å². The number of unbranched alkanes of at least 4 members (excludes halogenated alkanes) is 3. The molecule has 0 aromatic carbocycles. The Morgan fingerprint density at radius 3 is 1.33 bits per heavy atom. The first-order valence-electron chi connectivity index (χ1n) is 2.71. The minimum absolute atomic E-state index is 0. The Morgan fingerprint density at radius 2 is 1.25 bits per heavy atom. The van der Waals surface area contributed by atoms with Crippen molar-refractivity contribution >= 4 is 0 Å². The number of hydrogen-bond acceptors (Lipinski definition) is 0. The van der Waals surface area contributed by atoms with E-state index in [0.29, 0.717) is 0 Å². The van der Waals surface area contributed by atoms with Gasteiger partial charge in [-0.3, -0.25) is 0 Å². The van der Waals surface area contributed by atoms with Crippen LogP contribution in [0.25, 0.3) is 0 Å². The van der Waals surface area contributed by atoms with Crippen molar-refractivity contribution in [3.8, 4) is 0 Å². The zero-order chi connectivity index (χ0) is 4.83. The van der Waals surface area contributed by atoms with Gasteiger partial charge in [-0.05, 0) is 0 Å². The zero-order valence-corrected chi connectivity index (χ0v) is 8.95. The van der Waals surface area contributed by atoms with Gasteiger partial charge in [-0.2, -0.15) is 6.42 Å². The van der Waals surface area contributed by atoms with Crippen LogP contribution in [0.5, 0.6) is 0 Å². The van der Waals surface area contributed by atoms with Crippen molar-refractivity contribution in [2.75, 3.05) is 0 Å². The van der Waals surface area contributed by atoms with Crippen LogP contribution in [0, 0.1) is 14.4 Å². The molecule has 0 bridgehead atoms. The van der Waals surface area contributed by atoms with Crippen molar-refractivity contribution < 1.29 is 32.7 Å². The molecule has 81 valence electrons. The monoisotopic (exact) mass is 253 g/mol. The summed E-state index contributed by atoms with van der Waals surface area (Å²) in [5.41, 5.74) is 0. The first-order chi connectivity index (χ1) is 2.91. The fourth-order valence-corrected chi connectivity index (χ4v) is 0.427. The van der Waals surface area contributed by atoms with Gasteiger partial charge in [0, 0.05) is 32.7 Å². The largest absolute Gasteiger partial charge is 0.358 e. The summed E-state index contributed by atoms with van der Waals surface area (Å²) >= 11 is 0. The smallest absolute Gasteiger partial charge is 0 e. The minimum Gasteiger partial charge on any atom is -0.358 e. The van der Waals surface area contributed by atoms with Gasteiger partial charge in [0.2, 0.25) is 0 Å². The zero-order valence-electron chi connectivity index (χ0n) is 6.11. The van der Waals surface area contributed by atoms with Crippen LogP contribution in [0.15, 0.2) is 0 Å². The average molecular weight is 253 g/mol. The molecule has 0 aliphatic heterocycles. The molecule has 0 rings (SSSR count). The number of rotatable bonds is 3. The molecule has 1 heteroatoms. The van der Waals surface area contributed by atoms with Crippen LogP contribution < -0.4 is 0 Å². The fourth-order valence-electron chi connectivity index (χ4n) is 0.427. The summed E-state index contributed by atoms with van der Waals surface area (Å²) in [6.07, 6.45) is 5.07. The summed E-state index contributed by atoms with van der Waals surface area (Å²) in [5.74, 6) is 0. The molecular formula is C11H32Y-2. The van der Waals surface area contributed by atoms with Gasteiger partial charge in [0.15, 0.2) is 0 Å². The van der Waals surface area contributed by atoms with Gasteiger partial charge in [-0.1, -0.05) is 55.9 Å². The van der Waals surface area contributed by atoms with Crippen molar-refractivity contribution in [1.82, 2.24) is 0 Å². The van der Waals surface area contributed by atoms with Crippen molar-refractivity contribution in [3.05, 3.63) is 14.4 Å². The molecule has 12 heavy (non-hydrogen) atoms. The van der Waals surface area contributed by atoms with Gasteiger partial charge in [0.25, 0.3) is 0 Å². The van der Waals surface area contributed by atoms with Gasteiger partial charge >= 0.3 is 0 Å². The van der Waals surface area contributed by atoms with Gasteiger partial charge < -0.3 is 14.4 Å². The third kappa shape index (κ3) is 67.3. The van der Waals surface area contributed by atoms with Crippen LogP contribution in [0.2, 0.25) is 0 Å². The van der Waals surface area contributed by atoms with Crippen LogP contribution in [0.3, 0.4) is 0 Å². The molecule has 0 nitrogen and oxygen atoms in total. The quantitative estimate of drug-likeness (QED) is 0.467. The molecule has 0 fully saturated rings. The predicted octanol–water partition coefficient (Wildman–Crippen LogP) is 5.39. The van der Waals surface area contributed by atoms with Crippen molar-refractivity contribution in [2.45, 2.75) is 62.3 Å². The van der Waals surface area contributed by atoms with Gasteiger partial charge in [0.1, 0.15) is 0 Å². The Labute approximate surface area is 109 Å². The van der Waals surface area contributed by atoms with Crippen molar-refractivity contribution in [1.29, 1.82) is 0 Å². The molecule has 0 saturated heterocycles. The molecule has 1 radical (unpaired) electrons. The molecule has 0 atom stereocenters. The second-order valence-electron chi connectivity index (χ2n) is 1.56. The third-order valence-electron chi connectivity index (χ3n) is 0.854. The summed E-state index contributed by atoms with van der Waals surface area (Å²) in [7, 11) is 0. The molecule has 0 spiro atoms. The predicted molar refractivity (Wildman–Crippen MR) is 62.8 cm³/mol. The van der Waals surface area contributed by atoms with E-state index in [9.17, 15) is 0 Å². The maximum Gasteiger partial charge on any atom is 0 e. The van der Waals surface area contributed by atoms with E-state index in [1.165, 1.54) is 19.3 Å². The maximum atomic E-state index is 3.72. The SMILES string of the molecule is C.C.C.C.[CH2-]CCCCC.[CH3-].[Y]. The van der Waals surface area contributed by atoms with E-state index in [1.54, 1.807) is 0 Å². The Bertz CT molecular complexity index is 17.0. The molecule has 0 saturated carbocycles. The van der Waals surface area contributed by atoms with E-state index in [4.69, 9.17) is 0 Å². The van der Waals surface area contributed by atoms with E-state index >= 15 is 0 Å². The van der Waals surface area contributed by atoms with E-state index in [2.05, 4.69) is 13.8 Å². The van der Waals surface area contributed by atoms with Crippen LogP contribution in [0.1, 0.15) is 62.3 Å². The second kappa shape index (κ2) is 57.3. The third-order valence-corrected chi connectivity index (χ3v) is 0.854. The maximum absolute atomic E-state index is 3.72. The molecule has 0 heterocycles. The molecule has 0 aromatic heterocycles. The van der Waals surface area contributed by atoms with Crippen LogP contribution in [0.4, 0.5) is 0 Å². The average Bonchev–Trinajstić information content (AvgIpc) is 1.61. The van der Waals surface area contributed by atoms with Crippen molar-refractivity contribution in [3.63, 3.8) is 0 Å². The minimum atomic E-state index is 0. The van der Waals surface area contributed by atoms with E-state index < -0.39 is 0 Å². The Morgan fingerprint density at radius 1 is 0.917 bits per heavy atom. The van der Waals surface area contributed by atoms with Gasteiger partial charge in [0.05, 0.1) is 0 Å². The van der Waals surface area contributed by atoms with Crippen LogP contribution in [-0.2, 0) is 32.7 Å². The molecule has 0 N–H and O–H groups in total. The first kappa shape index (κ1) is 51.5. The Kier molecular flexibility index (Phi) is 246. The fraction of sp³-hybridized carbons (Fsp3) is 0.818. The topological polar surface area (TPSA) is 0 Å². The number of hydrogen-bond donors (Lipinski definition) is 0. The first-order valence-corrected chi connectivity index (χ1v) is 2.71. The van der Waals surface area contributed by atoms with Crippen molar-refractivity contribution in [2.24, 2.45) is 0 Å². The van der Waals surface area contributed by atoms with E-state index in [0.717, 1.165) is 6.42 Å². The summed E-state index contributed by atoms with van der Waals surface area (Å²) in [6, 6.07) is 0. The summed E-state index contributed by atoms with van der Waals surface area (Å²) < 4.78 is 0. The Balaban J connectivity index is -0.00000000833.